The fraction of sp³-hybridized carbons (Fsp3) is 0.474. The van der Waals surface area contributed by atoms with Gasteiger partial charge in [-0.15, -0.1) is 0 Å². The standard InChI is InChI=1S/C19H26N4O2/c1-13(2)11-21-19(25)23-10-4-5-14(12-23)18(24)22-17-7-3-6-16-15(17)8-9-20-16/h3,6-9,13-14,20H,4-5,10-12H2,1-2H3,(H,21,25)(H,22,24). The molecule has 6 heteroatoms. The fourth-order valence-corrected chi connectivity index (χ4v) is 3.21. The molecule has 1 saturated heterocycles. The minimum absolute atomic E-state index is 0.0185. The molecule has 1 fully saturated rings. The Kier molecular flexibility index (Phi) is 5.26. The molecule has 2 aromatic rings. The second-order valence-corrected chi connectivity index (χ2v) is 7.10. The summed E-state index contributed by atoms with van der Waals surface area (Å²) < 4.78 is 0. The lowest BCUT2D eigenvalue weighted by atomic mass is 9.97. The number of carbonyl (C=O) groups is 2. The van der Waals surface area contributed by atoms with Gasteiger partial charge in [0, 0.05) is 36.7 Å². The summed E-state index contributed by atoms with van der Waals surface area (Å²) in [7, 11) is 0. The maximum Gasteiger partial charge on any atom is 0.317 e. The highest BCUT2D eigenvalue weighted by Gasteiger charge is 2.28. The van der Waals surface area contributed by atoms with Gasteiger partial charge in [0.15, 0.2) is 0 Å². The van der Waals surface area contributed by atoms with Crippen molar-refractivity contribution in [1.82, 2.24) is 15.2 Å². The van der Waals surface area contributed by atoms with E-state index >= 15 is 0 Å². The average molecular weight is 342 g/mol. The first-order valence-electron chi connectivity index (χ1n) is 8.94. The second kappa shape index (κ2) is 7.59. The van der Waals surface area contributed by atoms with E-state index in [1.807, 2.05) is 30.5 Å². The molecule has 3 amide bonds. The summed E-state index contributed by atoms with van der Waals surface area (Å²) in [6.45, 7) is 5.96. The number of nitrogens with one attached hydrogen (secondary N) is 3. The predicted octanol–water partition coefficient (Wildman–Crippen LogP) is 3.18. The van der Waals surface area contributed by atoms with Crippen LogP contribution in [0.2, 0.25) is 0 Å². The van der Waals surface area contributed by atoms with Crippen molar-refractivity contribution in [3.63, 3.8) is 0 Å². The Morgan fingerprint density at radius 3 is 2.96 bits per heavy atom. The van der Waals surface area contributed by atoms with Crippen molar-refractivity contribution in [3.05, 3.63) is 30.5 Å². The second-order valence-electron chi connectivity index (χ2n) is 7.10. The molecule has 6 nitrogen and oxygen atoms in total. The van der Waals surface area contributed by atoms with Crippen molar-refractivity contribution in [2.45, 2.75) is 26.7 Å². The van der Waals surface area contributed by atoms with Crippen molar-refractivity contribution in [2.24, 2.45) is 11.8 Å². The average Bonchev–Trinajstić information content (AvgIpc) is 3.09. The molecule has 3 rings (SSSR count). The number of hydrogen-bond donors (Lipinski definition) is 3. The van der Waals surface area contributed by atoms with Crippen LogP contribution in [0.15, 0.2) is 30.5 Å². The lowest BCUT2D eigenvalue weighted by Crippen LogP contribution is -2.48. The van der Waals surface area contributed by atoms with E-state index in [1.165, 1.54) is 0 Å². The number of nitrogens with zero attached hydrogens (tertiary/aromatic N) is 1. The van der Waals surface area contributed by atoms with Crippen molar-refractivity contribution >= 4 is 28.5 Å². The zero-order valence-corrected chi connectivity index (χ0v) is 14.8. The number of benzene rings is 1. The molecule has 0 bridgehead atoms. The number of anilines is 1. The molecule has 0 aliphatic carbocycles. The van der Waals surface area contributed by atoms with Crippen molar-refractivity contribution in [3.8, 4) is 0 Å². The van der Waals surface area contributed by atoms with Gasteiger partial charge in [-0.1, -0.05) is 19.9 Å². The molecule has 1 aliphatic heterocycles. The van der Waals surface area contributed by atoms with Crippen LogP contribution in [0.25, 0.3) is 10.9 Å². The first kappa shape index (κ1) is 17.3. The summed E-state index contributed by atoms with van der Waals surface area (Å²) in [5.41, 5.74) is 1.81. The van der Waals surface area contributed by atoms with E-state index in [1.54, 1.807) is 4.90 Å². The Labute approximate surface area is 148 Å². The van der Waals surface area contributed by atoms with Crippen LogP contribution < -0.4 is 10.6 Å². The molecule has 1 unspecified atom stereocenters. The van der Waals surface area contributed by atoms with Gasteiger partial charge in [-0.05, 0) is 37.0 Å². The molecule has 0 radical (unpaired) electrons. The van der Waals surface area contributed by atoms with Crippen LogP contribution in [0.1, 0.15) is 26.7 Å². The molecular weight excluding hydrogens is 316 g/mol. The molecule has 0 saturated carbocycles. The maximum absolute atomic E-state index is 12.7. The van der Waals surface area contributed by atoms with E-state index in [0.717, 1.165) is 29.4 Å². The highest BCUT2D eigenvalue weighted by molar-refractivity contribution is 6.02. The van der Waals surface area contributed by atoms with Crippen molar-refractivity contribution in [1.29, 1.82) is 0 Å². The first-order chi connectivity index (χ1) is 12.0. The molecule has 3 N–H and O–H groups in total. The first-order valence-corrected chi connectivity index (χ1v) is 8.94. The van der Waals surface area contributed by atoms with Crippen molar-refractivity contribution < 1.29 is 9.59 Å². The van der Waals surface area contributed by atoms with Gasteiger partial charge in [0.25, 0.3) is 0 Å². The highest BCUT2D eigenvalue weighted by atomic mass is 16.2. The monoisotopic (exact) mass is 342 g/mol. The molecule has 1 aromatic heterocycles. The van der Waals surface area contributed by atoms with Gasteiger partial charge in [0.2, 0.25) is 5.91 Å². The minimum Gasteiger partial charge on any atom is -0.361 e. The summed E-state index contributed by atoms with van der Waals surface area (Å²) in [5.74, 6) is 0.220. The molecule has 25 heavy (non-hydrogen) atoms. The van der Waals surface area contributed by atoms with Crippen LogP contribution in [-0.2, 0) is 4.79 Å². The molecule has 134 valence electrons. The Hall–Kier alpha value is -2.50. The largest absolute Gasteiger partial charge is 0.361 e. The summed E-state index contributed by atoms with van der Waals surface area (Å²) in [4.78, 5) is 29.8. The van der Waals surface area contributed by atoms with Gasteiger partial charge in [-0.2, -0.15) is 0 Å². The number of aromatic amines is 1. The molecule has 1 aliphatic rings. The summed E-state index contributed by atoms with van der Waals surface area (Å²) >= 11 is 0. The van der Waals surface area contributed by atoms with Gasteiger partial charge < -0.3 is 20.5 Å². The summed E-state index contributed by atoms with van der Waals surface area (Å²) in [6.07, 6.45) is 3.52. The number of fused-ring (bicyclic) bond motifs is 1. The number of urea groups is 1. The zero-order chi connectivity index (χ0) is 17.8. The third kappa shape index (κ3) is 4.13. The van der Waals surface area contributed by atoms with E-state index in [9.17, 15) is 9.59 Å². The fourth-order valence-electron chi connectivity index (χ4n) is 3.21. The summed E-state index contributed by atoms with van der Waals surface area (Å²) in [5, 5.41) is 6.96. The van der Waals surface area contributed by atoms with Crippen LogP contribution in [0.5, 0.6) is 0 Å². The lowest BCUT2D eigenvalue weighted by molar-refractivity contribution is -0.121. The number of amides is 3. The van der Waals surface area contributed by atoms with Crippen LogP contribution >= 0.6 is 0 Å². The number of carbonyl (C=O) groups excluding carboxylic acids is 2. The van der Waals surface area contributed by atoms with Gasteiger partial charge in [-0.25, -0.2) is 4.79 Å². The minimum atomic E-state index is -0.173. The molecule has 1 atom stereocenters. The molecule has 2 heterocycles. The Bertz CT molecular complexity index is 753. The third-order valence-corrected chi connectivity index (χ3v) is 4.59. The SMILES string of the molecule is CC(C)CNC(=O)N1CCCC(C(=O)Nc2cccc3[nH]ccc23)C1. The Balaban J connectivity index is 1.62. The Morgan fingerprint density at radius 2 is 2.16 bits per heavy atom. The van der Waals surface area contributed by atoms with Crippen LogP contribution in [0.4, 0.5) is 10.5 Å². The number of H-pyrrole nitrogens is 1. The molecule has 1 aromatic carbocycles. The van der Waals surface area contributed by atoms with E-state index in [0.29, 0.717) is 25.6 Å². The molecular formula is C19H26N4O2. The van der Waals surface area contributed by atoms with Crippen LogP contribution in [-0.4, -0.2) is 41.5 Å². The van der Waals surface area contributed by atoms with Crippen molar-refractivity contribution in [2.75, 3.05) is 25.0 Å². The number of aromatic nitrogens is 1. The maximum atomic E-state index is 12.7. The number of hydrogen-bond acceptors (Lipinski definition) is 2. The van der Waals surface area contributed by atoms with Crippen LogP contribution in [0, 0.1) is 11.8 Å². The van der Waals surface area contributed by atoms with Gasteiger partial charge in [0.05, 0.1) is 11.6 Å². The number of piperidine rings is 1. The Morgan fingerprint density at radius 1 is 1.32 bits per heavy atom. The zero-order valence-electron chi connectivity index (χ0n) is 14.8. The molecule has 0 spiro atoms. The van der Waals surface area contributed by atoms with Gasteiger partial charge >= 0.3 is 6.03 Å². The normalized spacial score (nSPS) is 17.7. The van der Waals surface area contributed by atoms with E-state index in [-0.39, 0.29) is 17.9 Å². The topological polar surface area (TPSA) is 77.2 Å². The summed E-state index contributed by atoms with van der Waals surface area (Å²) in [6, 6.07) is 7.69. The highest BCUT2D eigenvalue weighted by Crippen LogP contribution is 2.24. The van der Waals surface area contributed by atoms with Crippen LogP contribution in [0.3, 0.4) is 0 Å². The number of likely N-dealkylation sites (tertiary alicyclic amines) is 1. The quantitative estimate of drug-likeness (QED) is 0.798. The van der Waals surface area contributed by atoms with Gasteiger partial charge in [0.1, 0.15) is 0 Å². The van der Waals surface area contributed by atoms with E-state index in [2.05, 4.69) is 29.5 Å². The smallest absolute Gasteiger partial charge is 0.317 e. The predicted molar refractivity (Wildman–Crippen MR) is 99.5 cm³/mol. The lowest BCUT2D eigenvalue weighted by Gasteiger charge is -2.32. The number of rotatable bonds is 4. The van der Waals surface area contributed by atoms with E-state index in [4.69, 9.17) is 0 Å². The van der Waals surface area contributed by atoms with E-state index < -0.39 is 0 Å². The van der Waals surface area contributed by atoms with Gasteiger partial charge in [-0.3, -0.25) is 4.79 Å². The third-order valence-electron chi connectivity index (χ3n) is 4.59.